The van der Waals surface area contributed by atoms with Gasteiger partial charge in [-0.1, -0.05) is 19.9 Å². The summed E-state index contributed by atoms with van der Waals surface area (Å²) in [5.41, 5.74) is -0.603. The second kappa shape index (κ2) is 6.56. The van der Waals surface area contributed by atoms with Gasteiger partial charge in [0.1, 0.15) is 18.0 Å². The Bertz CT molecular complexity index is 705. The zero-order valence-corrected chi connectivity index (χ0v) is 15.9. The second-order valence-electron chi connectivity index (χ2n) is 7.84. The smallest absolute Gasteiger partial charge is 0.333 e. The highest BCUT2D eigenvalue weighted by Crippen LogP contribution is 2.45. The number of hydrogen-bond donors (Lipinski definition) is 0. The third-order valence-corrected chi connectivity index (χ3v) is 5.89. The molecule has 0 amide bonds. The van der Waals surface area contributed by atoms with E-state index in [1.54, 1.807) is 33.8 Å². The molecule has 0 aromatic heterocycles. The molecule has 0 spiro atoms. The monoisotopic (exact) mass is 362 g/mol. The van der Waals surface area contributed by atoms with E-state index in [1.807, 2.05) is 6.92 Å². The van der Waals surface area contributed by atoms with E-state index < -0.39 is 23.6 Å². The van der Waals surface area contributed by atoms with Crippen LogP contribution in [0, 0.1) is 17.8 Å². The van der Waals surface area contributed by atoms with E-state index in [2.05, 4.69) is 0 Å². The van der Waals surface area contributed by atoms with Crippen LogP contribution in [0.5, 0.6) is 0 Å². The molecular weight excluding hydrogens is 336 g/mol. The Hall–Kier alpha value is -2.11. The number of carbonyl (C=O) groups excluding carboxylic acids is 3. The highest BCUT2D eigenvalue weighted by atomic mass is 16.6. The van der Waals surface area contributed by atoms with Gasteiger partial charge in [0.2, 0.25) is 5.78 Å². The molecule has 3 aliphatic rings. The van der Waals surface area contributed by atoms with Crippen molar-refractivity contribution in [2.24, 2.45) is 17.8 Å². The Kier molecular flexibility index (Phi) is 4.71. The molecule has 3 aliphatic heterocycles. The van der Waals surface area contributed by atoms with Crippen molar-refractivity contribution < 1.29 is 28.6 Å². The molecule has 6 atom stereocenters. The molecule has 0 saturated carbocycles. The number of rotatable bonds is 2. The van der Waals surface area contributed by atoms with Crippen LogP contribution in [0.25, 0.3) is 0 Å². The van der Waals surface area contributed by atoms with Gasteiger partial charge in [-0.05, 0) is 27.2 Å². The van der Waals surface area contributed by atoms with Crippen molar-refractivity contribution in [3.05, 3.63) is 23.5 Å². The molecule has 0 aromatic rings. The van der Waals surface area contributed by atoms with Crippen molar-refractivity contribution in [1.29, 1.82) is 0 Å². The molecular formula is C20H26O6. The fourth-order valence-corrected chi connectivity index (χ4v) is 4.04. The molecule has 2 bridgehead atoms. The van der Waals surface area contributed by atoms with Gasteiger partial charge in [-0.2, -0.15) is 0 Å². The van der Waals surface area contributed by atoms with Crippen LogP contribution < -0.4 is 0 Å². The maximum absolute atomic E-state index is 12.5. The van der Waals surface area contributed by atoms with E-state index in [-0.39, 0.29) is 36.1 Å². The molecule has 6 heteroatoms. The number of allylic oxidation sites excluding steroid dienone is 2. The lowest BCUT2D eigenvalue weighted by Crippen LogP contribution is -2.44. The third kappa shape index (κ3) is 3.06. The predicted molar refractivity (Wildman–Crippen MR) is 92.8 cm³/mol. The van der Waals surface area contributed by atoms with E-state index in [0.717, 1.165) is 0 Å². The molecule has 0 aromatic carbocycles. The van der Waals surface area contributed by atoms with Crippen molar-refractivity contribution in [1.82, 2.24) is 0 Å². The SMILES string of the molecule is C/C=C(\C)C(=O)O[C@H]1C[C@@]2(C)OC(=CC2=O)[C@@H](C)C[C@H]2OC(=O)[C@@H](C)[C@H]12. The Morgan fingerprint density at radius 3 is 2.69 bits per heavy atom. The molecule has 142 valence electrons. The summed E-state index contributed by atoms with van der Waals surface area (Å²) in [6.07, 6.45) is 2.93. The van der Waals surface area contributed by atoms with Crippen molar-refractivity contribution in [2.45, 2.75) is 65.3 Å². The number of carbonyl (C=O) groups is 3. The van der Waals surface area contributed by atoms with Crippen LogP contribution in [0.2, 0.25) is 0 Å². The number of esters is 2. The summed E-state index contributed by atoms with van der Waals surface area (Å²) in [4.78, 5) is 37.2. The highest BCUT2D eigenvalue weighted by molar-refractivity contribution is 5.99. The van der Waals surface area contributed by atoms with E-state index in [1.165, 1.54) is 6.08 Å². The van der Waals surface area contributed by atoms with Crippen molar-refractivity contribution in [2.75, 3.05) is 0 Å². The Balaban J connectivity index is 1.99. The molecule has 2 saturated heterocycles. The van der Waals surface area contributed by atoms with Crippen molar-refractivity contribution >= 4 is 17.7 Å². The zero-order chi connectivity index (χ0) is 19.2. The lowest BCUT2D eigenvalue weighted by atomic mass is 9.78. The molecule has 3 rings (SSSR count). The van der Waals surface area contributed by atoms with Gasteiger partial charge >= 0.3 is 11.9 Å². The lowest BCUT2D eigenvalue weighted by molar-refractivity contribution is -0.155. The van der Waals surface area contributed by atoms with Crippen LogP contribution in [-0.4, -0.2) is 35.5 Å². The Morgan fingerprint density at radius 2 is 2.04 bits per heavy atom. The van der Waals surface area contributed by atoms with E-state index >= 15 is 0 Å². The fraction of sp³-hybridized carbons (Fsp3) is 0.650. The minimum Gasteiger partial charge on any atom is -0.483 e. The van der Waals surface area contributed by atoms with Crippen molar-refractivity contribution in [3.8, 4) is 0 Å². The third-order valence-electron chi connectivity index (χ3n) is 5.89. The topological polar surface area (TPSA) is 78.9 Å². The first kappa shape index (κ1) is 18.7. The van der Waals surface area contributed by atoms with Gasteiger partial charge in [0.05, 0.1) is 5.92 Å². The maximum Gasteiger partial charge on any atom is 0.333 e. The minimum atomic E-state index is -1.08. The van der Waals surface area contributed by atoms with Gasteiger partial charge in [-0.25, -0.2) is 4.79 Å². The quantitative estimate of drug-likeness (QED) is 0.555. The van der Waals surface area contributed by atoms with Gasteiger partial charge in [0, 0.05) is 29.9 Å². The van der Waals surface area contributed by atoms with E-state index in [4.69, 9.17) is 14.2 Å². The molecule has 6 nitrogen and oxygen atoms in total. The van der Waals surface area contributed by atoms with Crippen LogP contribution in [0.1, 0.15) is 47.5 Å². The van der Waals surface area contributed by atoms with E-state index in [0.29, 0.717) is 17.8 Å². The summed E-state index contributed by atoms with van der Waals surface area (Å²) in [5.74, 6) is -0.999. The first-order valence-corrected chi connectivity index (χ1v) is 9.15. The van der Waals surface area contributed by atoms with Crippen molar-refractivity contribution in [3.63, 3.8) is 0 Å². The summed E-state index contributed by atoms with van der Waals surface area (Å²) in [5, 5.41) is 0. The summed E-state index contributed by atoms with van der Waals surface area (Å²) < 4.78 is 17.4. The molecule has 0 N–H and O–H groups in total. The number of hydrogen-bond acceptors (Lipinski definition) is 6. The highest BCUT2D eigenvalue weighted by Gasteiger charge is 2.54. The predicted octanol–water partition coefficient (Wildman–Crippen LogP) is 2.71. The first-order valence-electron chi connectivity index (χ1n) is 9.15. The van der Waals surface area contributed by atoms with Gasteiger partial charge in [-0.3, -0.25) is 9.59 Å². The van der Waals surface area contributed by atoms with Crippen LogP contribution in [0.15, 0.2) is 23.5 Å². The number of ether oxygens (including phenoxy) is 3. The van der Waals surface area contributed by atoms with Gasteiger partial charge < -0.3 is 14.2 Å². The summed E-state index contributed by atoms with van der Waals surface area (Å²) in [7, 11) is 0. The fourth-order valence-electron chi connectivity index (χ4n) is 4.04. The first-order chi connectivity index (χ1) is 12.2. The molecule has 26 heavy (non-hydrogen) atoms. The minimum absolute atomic E-state index is 0.0573. The Morgan fingerprint density at radius 1 is 1.35 bits per heavy atom. The van der Waals surface area contributed by atoms with Gasteiger partial charge in [0.25, 0.3) is 0 Å². The molecule has 2 fully saturated rings. The van der Waals surface area contributed by atoms with Gasteiger partial charge in [0.15, 0.2) is 5.60 Å². The average Bonchev–Trinajstić information content (AvgIpc) is 3.03. The normalized spacial score (nSPS) is 39.8. The number of ketones is 1. The van der Waals surface area contributed by atoms with E-state index in [9.17, 15) is 14.4 Å². The molecule has 0 radical (unpaired) electrons. The number of fused-ring (bicyclic) bond motifs is 3. The maximum atomic E-state index is 12.5. The molecule has 0 aliphatic carbocycles. The summed E-state index contributed by atoms with van der Waals surface area (Å²) in [6.45, 7) is 8.90. The summed E-state index contributed by atoms with van der Waals surface area (Å²) in [6, 6.07) is 0. The standard InChI is InChI=1S/C20H26O6/c1-6-10(2)18(22)25-15-9-20(5)16(21)8-13(26-20)11(3)7-14-17(15)12(4)19(23)24-14/h6,8,11-12,14-15,17H,7,9H2,1-5H3/b10-6+/t11-,12-,14+,15-,17-,20+/m0/s1. The summed E-state index contributed by atoms with van der Waals surface area (Å²) >= 11 is 0. The second-order valence-corrected chi connectivity index (χ2v) is 7.84. The van der Waals surface area contributed by atoms with Crippen LogP contribution in [0.3, 0.4) is 0 Å². The lowest BCUT2D eigenvalue weighted by Gasteiger charge is -2.32. The molecule has 3 heterocycles. The van der Waals surface area contributed by atoms with Crippen LogP contribution >= 0.6 is 0 Å². The van der Waals surface area contributed by atoms with Gasteiger partial charge in [-0.15, -0.1) is 0 Å². The molecule has 0 unspecified atom stereocenters. The van der Waals surface area contributed by atoms with Crippen LogP contribution in [-0.2, 0) is 28.6 Å². The average molecular weight is 362 g/mol. The zero-order valence-electron chi connectivity index (χ0n) is 15.9. The largest absolute Gasteiger partial charge is 0.483 e. The van der Waals surface area contributed by atoms with Crippen LogP contribution in [0.4, 0.5) is 0 Å². The Labute approximate surface area is 153 Å².